The molecular weight excluding hydrogens is 334 g/mol. The van der Waals surface area contributed by atoms with Crippen LogP contribution in [0.15, 0.2) is 23.7 Å². The van der Waals surface area contributed by atoms with Crippen molar-refractivity contribution in [1.82, 2.24) is 5.32 Å². The van der Waals surface area contributed by atoms with Crippen LogP contribution < -0.4 is 14.8 Å². The van der Waals surface area contributed by atoms with Gasteiger partial charge in [-0.05, 0) is 49.1 Å². The standard InChI is InChI=1S/C20H25NO5/c1-23-15-9-12-5-6-20-18(26-4)17(25-3)14(22)11-19(20,7-8-21-20)13(12)10-16(15)24-2/h9-10,21H,5-8,11H2,1-4H3. The second kappa shape index (κ2) is 5.91. The van der Waals surface area contributed by atoms with Crippen LogP contribution in [-0.2, 0) is 26.1 Å². The Morgan fingerprint density at radius 3 is 2.35 bits per heavy atom. The first-order chi connectivity index (χ1) is 12.6. The molecule has 2 unspecified atom stereocenters. The highest BCUT2D eigenvalue weighted by Gasteiger charge is 2.65. The minimum atomic E-state index is -0.423. The van der Waals surface area contributed by atoms with Crippen molar-refractivity contribution >= 4 is 5.78 Å². The van der Waals surface area contributed by atoms with Crippen LogP contribution in [0.2, 0.25) is 0 Å². The van der Waals surface area contributed by atoms with Crippen LogP contribution in [0.4, 0.5) is 0 Å². The number of hydrogen-bond donors (Lipinski definition) is 1. The molecule has 6 nitrogen and oxygen atoms in total. The first kappa shape index (κ1) is 17.2. The van der Waals surface area contributed by atoms with E-state index in [2.05, 4.69) is 11.4 Å². The number of fused-ring (bicyclic) bond motifs is 1. The minimum absolute atomic E-state index is 0.00805. The molecule has 2 atom stereocenters. The third kappa shape index (κ3) is 1.93. The molecule has 1 aromatic carbocycles. The molecule has 140 valence electrons. The van der Waals surface area contributed by atoms with E-state index < -0.39 is 5.54 Å². The zero-order valence-electron chi connectivity index (χ0n) is 15.7. The first-order valence-electron chi connectivity index (χ1n) is 8.93. The van der Waals surface area contributed by atoms with Crippen LogP contribution in [0.3, 0.4) is 0 Å². The summed E-state index contributed by atoms with van der Waals surface area (Å²) >= 11 is 0. The van der Waals surface area contributed by atoms with E-state index in [0.717, 1.165) is 37.1 Å². The van der Waals surface area contributed by atoms with Crippen molar-refractivity contribution < 1.29 is 23.7 Å². The molecular formula is C20H25NO5. The average molecular weight is 359 g/mol. The van der Waals surface area contributed by atoms with E-state index >= 15 is 0 Å². The zero-order valence-corrected chi connectivity index (χ0v) is 15.7. The van der Waals surface area contributed by atoms with Crippen molar-refractivity contribution in [1.29, 1.82) is 0 Å². The summed E-state index contributed by atoms with van der Waals surface area (Å²) in [6, 6.07) is 4.10. The molecule has 1 fully saturated rings. The van der Waals surface area contributed by atoms with Crippen molar-refractivity contribution in [2.75, 3.05) is 35.0 Å². The molecule has 1 saturated heterocycles. The van der Waals surface area contributed by atoms with Gasteiger partial charge in [-0.3, -0.25) is 4.79 Å². The lowest BCUT2D eigenvalue weighted by atomic mass is 9.54. The van der Waals surface area contributed by atoms with Gasteiger partial charge in [-0.2, -0.15) is 0 Å². The van der Waals surface area contributed by atoms with Gasteiger partial charge in [0.15, 0.2) is 17.3 Å². The number of ketones is 1. The Balaban J connectivity index is 1.99. The number of benzene rings is 1. The summed E-state index contributed by atoms with van der Waals surface area (Å²) in [4.78, 5) is 12.9. The molecule has 4 rings (SSSR count). The summed E-state index contributed by atoms with van der Waals surface area (Å²) in [6.07, 6.45) is 2.98. The number of Topliss-reactive ketones (excluding diaryl/α,β-unsaturated/α-hetero) is 1. The SMILES string of the molecule is COC1=C(OC)C23CCc4cc(OC)c(OC)cc4C2(CCN3)CC1=O. The number of ether oxygens (including phenoxy) is 4. The predicted octanol–water partition coefficient (Wildman–Crippen LogP) is 2.10. The van der Waals surface area contributed by atoms with Crippen molar-refractivity contribution in [3.63, 3.8) is 0 Å². The van der Waals surface area contributed by atoms with Gasteiger partial charge in [-0.15, -0.1) is 0 Å². The topological polar surface area (TPSA) is 66.0 Å². The van der Waals surface area contributed by atoms with Gasteiger partial charge in [-0.1, -0.05) is 0 Å². The predicted molar refractivity (Wildman–Crippen MR) is 95.6 cm³/mol. The molecule has 0 bridgehead atoms. The van der Waals surface area contributed by atoms with Crippen LogP contribution in [0.1, 0.15) is 30.4 Å². The lowest BCUT2D eigenvalue weighted by molar-refractivity contribution is -0.123. The van der Waals surface area contributed by atoms with Crippen LogP contribution in [0.5, 0.6) is 11.5 Å². The minimum Gasteiger partial charge on any atom is -0.495 e. The average Bonchev–Trinajstić information content (AvgIpc) is 3.05. The number of rotatable bonds is 4. The summed E-state index contributed by atoms with van der Waals surface area (Å²) in [5, 5.41) is 3.67. The summed E-state index contributed by atoms with van der Waals surface area (Å²) < 4.78 is 22.2. The Kier molecular flexibility index (Phi) is 3.91. The Hall–Kier alpha value is -2.21. The van der Waals surface area contributed by atoms with E-state index in [0.29, 0.717) is 23.7 Å². The lowest BCUT2D eigenvalue weighted by Crippen LogP contribution is -2.62. The van der Waals surface area contributed by atoms with Crippen LogP contribution >= 0.6 is 0 Å². The largest absolute Gasteiger partial charge is 0.495 e. The Morgan fingerprint density at radius 1 is 0.962 bits per heavy atom. The van der Waals surface area contributed by atoms with E-state index in [1.807, 2.05) is 6.07 Å². The highest BCUT2D eigenvalue weighted by Crippen LogP contribution is 2.59. The maximum absolute atomic E-state index is 12.9. The van der Waals surface area contributed by atoms with Crippen molar-refractivity contribution in [3.8, 4) is 11.5 Å². The molecule has 1 aliphatic heterocycles. The van der Waals surface area contributed by atoms with Gasteiger partial charge < -0.3 is 24.3 Å². The molecule has 6 heteroatoms. The Bertz CT molecular complexity index is 802. The smallest absolute Gasteiger partial charge is 0.201 e. The first-order valence-corrected chi connectivity index (χ1v) is 8.93. The maximum Gasteiger partial charge on any atom is 0.201 e. The van der Waals surface area contributed by atoms with Crippen LogP contribution in [-0.4, -0.2) is 46.3 Å². The van der Waals surface area contributed by atoms with Gasteiger partial charge in [0.25, 0.3) is 0 Å². The summed E-state index contributed by atoms with van der Waals surface area (Å²) in [6.45, 7) is 0.824. The second-order valence-electron chi connectivity index (χ2n) is 7.20. The molecule has 2 aliphatic carbocycles. The maximum atomic E-state index is 12.9. The summed E-state index contributed by atoms with van der Waals surface area (Å²) in [7, 11) is 6.44. The summed E-state index contributed by atoms with van der Waals surface area (Å²) in [5.74, 6) is 2.39. The number of hydrogen-bond acceptors (Lipinski definition) is 6. The highest BCUT2D eigenvalue weighted by molar-refractivity contribution is 5.97. The van der Waals surface area contributed by atoms with E-state index in [1.54, 1.807) is 21.3 Å². The highest BCUT2D eigenvalue weighted by atomic mass is 16.5. The molecule has 1 aromatic rings. The number of carbonyl (C=O) groups is 1. The molecule has 26 heavy (non-hydrogen) atoms. The molecule has 0 aromatic heterocycles. The van der Waals surface area contributed by atoms with Crippen molar-refractivity contribution in [2.24, 2.45) is 0 Å². The molecule has 3 aliphatic rings. The molecule has 0 amide bonds. The Labute approximate surface area is 153 Å². The van der Waals surface area contributed by atoms with E-state index in [4.69, 9.17) is 18.9 Å². The number of allylic oxidation sites excluding steroid dienone is 1. The normalized spacial score (nSPS) is 29.6. The summed E-state index contributed by atoms with van der Waals surface area (Å²) in [5.41, 5.74) is 1.59. The van der Waals surface area contributed by atoms with Gasteiger partial charge in [0.2, 0.25) is 11.5 Å². The van der Waals surface area contributed by atoms with E-state index in [1.165, 1.54) is 12.7 Å². The number of carbonyl (C=O) groups excluding carboxylic acids is 1. The Morgan fingerprint density at radius 2 is 1.69 bits per heavy atom. The fourth-order valence-corrected chi connectivity index (χ4v) is 5.35. The fourth-order valence-electron chi connectivity index (χ4n) is 5.35. The number of aryl methyl sites for hydroxylation is 1. The van der Waals surface area contributed by atoms with Gasteiger partial charge in [0.05, 0.1) is 34.0 Å². The molecule has 0 spiro atoms. The van der Waals surface area contributed by atoms with Gasteiger partial charge in [0.1, 0.15) is 0 Å². The van der Waals surface area contributed by atoms with Gasteiger partial charge in [0, 0.05) is 11.8 Å². The lowest BCUT2D eigenvalue weighted by Gasteiger charge is -2.52. The fraction of sp³-hybridized carbons (Fsp3) is 0.550. The monoisotopic (exact) mass is 359 g/mol. The third-order valence-electron chi connectivity index (χ3n) is 6.41. The van der Waals surface area contributed by atoms with Gasteiger partial charge >= 0.3 is 0 Å². The molecule has 0 radical (unpaired) electrons. The number of nitrogens with one attached hydrogen (secondary N) is 1. The molecule has 1 N–H and O–H groups in total. The van der Waals surface area contributed by atoms with E-state index in [9.17, 15) is 4.79 Å². The van der Waals surface area contributed by atoms with E-state index in [-0.39, 0.29) is 11.2 Å². The number of methoxy groups -OCH3 is 4. The molecule has 0 saturated carbocycles. The van der Waals surface area contributed by atoms with Crippen molar-refractivity contribution in [2.45, 2.75) is 36.6 Å². The zero-order chi connectivity index (χ0) is 18.5. The van der Waals surface area contributed by atoms with Gasteiger partial charge in [-0.25, -0.2) is 0 Å². The third-order valence-corrected chi connectivity index (χ3v) is 6.41. The second-order valence-corrected chi connectivity index (χ2v) is 7.20. The quantitative estimate of drug-likeness (QED) is 0.888. The van der Waals surface area contributed by atoms with Crippen LogP contribution in [0, 0.1) is 0 Å². The van der Waals surface area contributed by atoms with Crippen LogP contribution in [0.25, 0.3) is 0 Å². The van der Waals surface area contributed by atoms with Crippen molar-refractivity contribution in [3.05, 3.63) is 34.8 Å². The molecule has 1 heterocycles.